The predicted octanol–water partition coefficient (Wildman–Crippen LogP) is 2.80. The molecule has 5 nitrogen and oxygen atoms in total. The Bertz CT molecular complexity index is 907. The second kappa shape index (κ2) is 7.22. The first-order valence-electron chi connectivity index (χ1n) is 8.91. The number of benzene rings is 1. The van der Waals surface area contributed by atoms with Crippen LogP contribution in [0.25, 0.3) is 10.9 Å². The lowest BCUT2D eigenvalue weighted by atomic mass is 9.75. The van der Waals surface area contributed by atoms with Gasteiger partial charge in [-0.05, 0) is 48.6 Å². The van der Waals surface area contributed by atoms with Crippen LogP contribution in [0.1, 0.15) is 30.1 Å². The highest BCUT2D eigenvalue weighted by atomic mass is 16.3. The zero-order valence-electron chi connectivity index (χ0n) is 14.4. The van der Waals surface area contributed by atoms with Gasteiger partial charge >= 0.3 is 0 Å². The fourth-order valence-corrected chi connectivity index (χ4v) is 3.53. The average Bonchev–Trinajstić information content (AvgIpc) is 2.64. The van der Waals surface area contributed by atoms with Crippen LogP contribution in [0.2, 0.25) is 0 Å². The molecule has 2 N–H and O–H groups in total. The number of para-hydroxylation sites is 1. The Labute approximate surface area is 152 Å². The third kappa shape index (κ3) is 3.58. The number of aliphatic hydroxyl groups excluding tert-OH is 1. The summed E-state index contributed by atoms with van der Waals surface area (Å²) in [6.45, 7) is 0. The van der Waals surface area contributed by atoms with Gasteiger partial charge in [0.1, 0.15) is 0 Å². The standard InChI is InChI=1S/C21H21N3O2/c25-18-10-15(11-18)21(24-20(26)12-17-6-3-4-8-22-17)16-9-14-5-1-2-7-19(14)23-13-16/h1-9,13,15,18,21,25H,10-12H2,(H,24,26)/t15?,18?,21-/m1/s1. The number of hydrogen-bond donors (Lipinski definition) is 2. The van der Waals surface area contributed by atoms with Gasteiger partial charge in [0, 0.05) is 23.5 Å². The SMILES string of the molecule is O=C(Cc1ccccn1)N[C@@H](c1cnc2ccccc2c1)C1CC(O)C1. The largest absolute Gasteiger partial charge is 0.393 e. The van der Waals surface area contributed by atoms with Crippen LogP contribution in [-0.4, -0.2) is 27.1 Å². The summed E-state index contributed by atoms with van der Waals surface area (Å²) in [5.41, 5.74) is 2.66. The summed E-state index contributed by atoms with van der Waals surface area (Å²) in [5, 5.41) is 13.9. The topological polar surface area (TPSA) is 75.1 Å². The van der Waals surface area contributed by atoms with E-state index >= 15 is 0 Å². The molecule has 1 aliphatic carbocycles. The van der Waals surface area contributed by atoms with E-state index in [4.69, 9.17) is 0 Å². The molecule has 2 aromatic heterocycles. The summed E-state index contributed by atoms with van der Waals surface area (Å²) < 4.78 is 0. The molecule has 4 rings (SSSR count). The zero-order valence-corrected chi connectivity index (χ0v) is 14.4. The van der Waals surface area contributed by atoms with Crippen molar-refractivity contribution in [3.05, 3.63) is 72.2 Å². The molecule has 0 bridgehead atoms. The van der Waals surface area contributed by atoms with Gasteiger partial charge in [-0.3, -0.25) is 14.8 Å². The lowest BCUT2D eigenvalue weighted by Crippen LogP contribution is -2.42. The van der Waals surface area contributed by atoms with Gasteiger partial charge in [-0.25, -0.2) is 0 Å². The molecule has 1 fully saturated rings. The molecule has 1 aliphatic rings. The van der Waals surface area contributed by atoms with Crippen molar-refractivity contribution in [2.75, 3.05) is 0 Å². The third-order valence-electron chi connectivity index (χ3n) is 4.98. The van der Waals surface area contributed by atoms with Crippen LogP contribution in [0, 0.1) is 5.92 Å². The van der Waals surface area contributed by atoms with Gasteiger partial charge in [-0.15, -0.1) is 0 Å². The number of nitrogens with zero attached hydrogens (tertiary/aromatic N) is 2. The molecule has 0 spiro atoms. The van der Waals surface area contributed by atoms with E-state index in [-0.39, 0.29) is 30.4 Å². The highest BCUT2D eigenvalue weighted by Crippen LogP contribution is 2.38. The number of pyridine rings is 2. The molecule has 1 amide bonds. The fraction of sp³-hybridized carbons (Fsp3) is 0.286. The first kappa shape index (κ1) is 16.7. The minimum atomic E-state index is -0.274. The van der Waals surface area contributed by atoms with Crippen molar-refractivity contribution in [2.24, 2.45) is 5.92 Å². The smallest absolute Gasteiger partial charge is 0.226 e. The summed E-state index contributed by atoms with van der Waals surface area (Å²) in [4.78, 5) is 21.3. The summed E-state index contributed by atoms with van der Waals surface area (Å²) >= 11 is 0. The first-order valence-corrected chi connectivity index (χ1v) is 8.91. The maximum Gasteiger partial charge on any atom is 0.226 e. The van der Waals surface area contributed by atoms with Crippen molar-refractivity contribution in [3.8, 4) is 0 Å². The van der Waals surface area contributed by atoms with Gasteiger partial charge in [0.05, 0.1) is 24.1 Å². The normalized spacial score (nSPS) is 20.3. The molecule has 3 aromatic rings. The summed E-state index contributed by atoms with van der Waals surface area (Å²) in [6, 6.07) is 15.4. The van der Waals surface area contributed by atoms with Crippen LogP contribution in [0.15, 0.2) is 60.9 Å². The van der Waals surface area contributed by atoms with Gasteiger partial charge in [-0.2, -0.15) is 0 Å². The molecular formula is C21H21N3O2. The monoisotopic (exact) mass is 347 g/mol. The number of carbonyl (C=O) groups is 1. The average molecular weight is 347 g/mol. The minimum absolute atomic E-state index is 0.0664. The molecule has 5 heteroatoms. The molecule has 0 unspecified atom stereocenters. The van der Waals surface area contributed by atoms with E-state index in [9.17, 15) is 9.90 Å². The van der Waals surface area contributed by atoms with Crippen molar-refractivity contribution in [1.29, 1.82) is 0 Å². The van der Waals surface area contributed by atoms with Crippen LogP contribution in [0.4, 0.5) is 0 Å². The Morgan fingerprint density at radius 2 is 1.96 bits per heavy atom. The maximum atomic E-state index is 12.6. The third-order valence-corrected chi connectivity index (χ3v) is 4.98. The molecule has 1 aromatic carbocycles. The number of fused-ring (bicyclic) bond motifs is 1. The van der Waals surface area contributed by atoms with Crippen molar-refractivity contribution in [2.45, 2.75) is 31.4 Å². The number of amides is 1. The van der Waals surface area contributed by atoms with E-state index in [1.165, 1.54) is 0 Å². The Morgan fingerprint density at radius 1 is 1.15 bits per heavy atom. The molecule has 132 valence electrons. The quantitative estimate of drug-likeness (QED) is 0.744. The number of carbonyl (C=O) groups excluding carboxylic acids is 1. The molecule has 1 atom stereocenters. The molecule has 1 saturated carbocycles. The number of rotatable bonds is 5. The number of hydrogen-bond acceptors (Lipinski definition) is 4. The lowest BCUT2D eigenvalue weighted by molar-refractivity contribution is -0.122. The van der Waals surface area contributed by atoms with Gasteiger partial charge in [0.15, 0.2) is 0 Å². The van der Waals surface area contributed by atoms with Crippen molar-refractivity contribution >= 4 is 16.8 Å². The Hall–Kier alpha value is -2.79. The molecule has 2 heterocycles. The van der Waals surface area contributed by atoms with E-state index in [0.717, 1.165) is 22.2 Å². The van der Waals surface area contributed by atoms with Crippen molar-refractivity contribution in [3.63, 3.8) is 0 Å². The highest BCUT2D eigenvalue weighted by molar-refractivity contribution is 5.80. The Balaban J connectivity index is 1.56. The van der Waals surface area contributed by atoms with Crippen LogP contribution in [0.5, 0.6) is 0 Å². The fourth-order valence-electron chi connectivity index (χ4n) is 3.53. The molecule has 0 saturated heterocycles. The van der Waals surface area contributed by atoms with E-state index in [2.05, 4.69) is 21.4 Å². The van der Waals surface area contributed by atoms with Gasteiger partial charge in [-0.1, -0.05) is 24.3 Å². The summed E-state index contributed by atoms with van der Waals surface area (Å²) in [7, 11) is 0. The van der Waals surface area contributed by atoms with Crippen molar-refractivity contribution < 1.29 is 9.90 Å². The van der Waals surface area contributed by atoms with Gasteiger partial charge in [0.25, 0.3) is 0 Å². The summed E-state index contributed by atoms with van der Waals surface area (Å²) in [5.74, 6) is 0.156. The van der Waals surface area contributed by atoms with Gasteiger partial charge < -0.3 is 10.4 Å². The number of aromatic nitrogens is 2. The second-order valence-corrected chi connectivity index (χ2v) is 6.89. The molecular weight excluding hydrogens is 326 g/mol. The molecule has 0 aliphatic heterocycles. The Kier molecular flexibility index (Phi) is 4.63. The minimum Gasteiger partial charge on any atom is -0.393 e. The maximum absolute atomic E-state index is 12.6. The van der Waals surface area contributed by atoms with Crippen LogP contribution < -0.4 is 5.32 Å². The highest BCUT2D eigenvalue weighted by Gasteiger charge is 2.35. The molecule has 0 radical (unpaired) electrons. The number of aliphatic hydroxyl groups is 1. The van der Waals surface area contributed by atoms with Crippen LogP contribution >= 0.6 is 0 Å². The first-order chi connectivity index (χ1) is 12.7. The zero-order chi connectivity index (χ0) is 17.9. The van der Waals surface area contributed by atoms with Gasteiger partial charge in [0.2, 0.25) is 5.91 Å². The van der Waals surface area contributed by atoms with Crippen molar-refractivity contribution in [1.82, 2.24) is 15.3 Å². The summed E-state index contributed by atoms with van der Waals surface area (Å²) in [6.07, 6.45) is 4.88. The van der Waals surface area contributed by atoms with E-state index in [1.807, 2.05) is 48.7 Å². The lowest BCUT2D eigenvalue weighted by Gasteiger charge is -2.38. The van der Waals surface area contributed by atoms with E-state index in [0.29, 0.717) is 12.8 Å². The van der Waals surface area contributed by atoms with E-state index < -0.39 is 0 Å². The number of nitrogens with one attached hydrogen (secondary N) is 1. The molecule has 26 heavy (non-hydrogen) atoms. The Morgan fingerprint density at radius 3 is 2.73 bits per heavy atom. The van der Waals surface area contributed by atoms with Crippen LogP contribution in [-0.2, 0) is 11.2 Å². The second-order valence-electron chi connectivity index (χ2n) is 6.89. The van der Waals surface area contributed by atoms with E-state index in [1.54, 1.807) is 6.20 Å². The predicted molar refractivity (Wildman–Crippen MR) is 99.3 cm³/mol. The van der Waals surface area contributed by atoms with Crippen LogP contribution in [0.3, 0.4) is 0 Å².